The second-order valence-electron chi connectivity index (χ2n) is 8.72. The van der Waals surface area contributed by atoms with Crippen molar-refractivity contribution < 1.29 is 19.2 Å². The molecule has 0 bridgehead atoms. The summed E-state index contributed by atoms with van der Waals surface area (Å²) in [4.78, 5) is 56.3. The molecule has 2 heterocycles. The smallest absolute Gasteiger partial charge is 0.325 e. The molecule has 1 aliphatic carbocycles. The highest BCUT2D eigenvalue weighted by Gasteiger charge is 2.48. The standard InChI is InChI=1S/C23H31N5O4/c1-2-17-7-3-6-10-19(17)24-20(29)15-25-11-13-26(14-12-25)16-27-21(30)22(31)28(23(27)32)18-8-4-5-9-18/h3,6-7,10,18H,2,4-5,8-9,11-16H2,1H3,(H,24,29). The van der Waals surface area contributed by atoms with E-state index in [1.165, 1.54) is 4.90 Å². The largest absolute Gasteiger partial charge is 0.335 e. The first-order chi connectivity index (χ1) is 15.5. The lowest BCUT2D eigenvalue weighted by Crippen LogP contribution is -2.52. The van der Waals surface area contributed by atoms with Gasteiger partial charge in [0.1, 0.15) is 0 Å². The van der Waals surface area contributed by atoms with Gasteiger partial charge in [-0.25, -0.2) is 9.69 Å². The Balaban J connectivity index is 1.26. The molecule has 3 aliphatic rings. The van der Waals surface area contributed by atoms with Crippen LogP contribution >= 0.6 is 0 Å². The molecule has 0 radical (unpaired) electrons. The molecular formula is C23H31N5O4. The van der Waals surface area contributed by atoms with Gasteiger partial charge in [-0.3, -0.25) is 29.1 Å². The summed E-state index contributed by atoms with van der Waals surface area (Å²) in [7, 11) is 0. The fourth-order valence-corrected chi connectivity index (χ4v) is 4.76. The van der Waals surface area contributed by atoms with Crippen molar-refractivity contribution in [3.8, 4) is 0 Å². The minimum absolute atomic E-state index is 0.0537. The first kappa shape index (κ1) is 22.4. The third kappa shape index (κ3) is 4.68. The van der Waals surface area contributed by atoms with E-state index in [2.05, 4.69) is 17.1 Å². The monoisotopic (exact) mass is 441 g/mol. The summed E-state index contributed by atoms with van der Waals surface area (Å²) in [6.07, 6.45) is 4.37. The van der Waals surface area contributed by atoms with E-state index in [0.717, 1.165) is 48.3 Å². The van der Waals surface area contributed by atoms with Gasteiger partial charge in [0.15, 0.2) is 0 Å². The molecule has 4 rings (SSSR count). The van der Waals surface area contributed by atoms with Gasteiger partial charge >= 0.3 is 17.8 Å². The van der Waals surface area contributed by atoms with Gasteiger partial charge in [-0.15, -0.1) is 0 Å². The van der Waals surface area contributed by atoms with Gasteiger partial charge in [0.25, 0.3) is 0 Å². The topological polar surface area (TPSA) is 93.3 Å². The maximum absolute atomic E-state index is 12.7. The second-order valence-corrected chi connectivity index (χ2v) is 8.72. The normalized spacial score (nSPS) is 21.1. The average Bonchev–Trinajstić information content (AvgIpc) is 3.38. The number of para-hydroxylation sites is 1. The number of nitrogens with one attached hydrogen (secondary N) is 1. The van der Waals surface area contributed by atoms with Crippen LogP contribution in [0.4, 0.5) is 10.5 Å². The zero-order chi connectivity index (χ0) is 22.7. The average molecular weight is 442 g/mol. The highest BCUT2D eigenvalue weighted by Crippen LogP contribution is 2.28. The lowest BCUT2D eigenvalue weighted by atomic mass is 10.1. The van der Waals surface area contributed by atoms with E-state index < -0.39 is 17.8 Å². The van der Waals surface area contributed by atoms with Crippen LogP contribution in [0.1, 0.15) is 38.2 Å². The summed E-state index contributed by atoms with van der Waals surface area (Å²) in [6, 6.07) is 7.17. The molecule has 9 nitrogen and oxygen atoms in total. The number of anilines is 1. The molecule has 0 spiro atoms. The molecule has 0 aromatic heterocycles. The first-order valence-electron chi connectivity index (χ1n) is 11.5. The summed E-state index contributed by atoms with van der Waals surface area (Å²) < 4.78 is 0. The molecule has 172 valence electrons. The number of hydrogen-bond acceptors (Lipinski definition) is 6. The van der Waals surface area contributed by atoms with E-state index >= 15 is 0 Å². The molecule has 1 N–H and O–H groups in total. The number of urea groups is 1. The van der Waals surface area contributed by atoms with Crippen molar-refractivity contribution in [2.75, 3.05) is 44.7 Å². The fourth-order valence-electron chi connectivity index (χ4n) is 4.76. The molecule has 1 aromatic rings. The number of imide groups is 2. The summed E-state index contributed by atoms with van der Waals surface area (Å²) in [5.41, 5.74) is 1.95. The van der Waals surface area contributed by atoms with E-state index in [1.807, 2.05) is 29.2 Å². The van der Waals surface area contributed by atoms with E-state index in [-0.39, 0.29) is 18.6 Å². The van der Waals surface area contributed by atoms with Crippen LogP contribution in [0.5, 0.6) is 0 Å². The Morgan fingerprint density at radius 3 is 2.31 bits per heavy atom. The number of piperazine rings is 1. The molecule has 0 atom stereocenters. The van der Waals surface area contributed by atoms with Crippen LogP contribution in [0, 0.1) is 0 Å². The van der Waals surface area contributed by atoms with E-state index in [1.54, 1.807) is 0 Å². The Hall–Kier alpha value is -2.78. The number of carbonyl (C=O) groups is 4. The minimum atomic E-state index is -0.724. The highest BCUT2D eigenvalue weighted by molar-refractivity contribution is 6.44. The SMILES string of the molecule is CCc1ccccc1NC(=O)CN1CCN(CN2C(=O)C(=O)N(C3CCCC3)C2=O)CC1. The zero-order valence-electron chi connectivity index (χ0n) is 18.6. The predicted molar refractivity (Wildman–Crippen MR) is 119 cm³/mol. The quantitative estimate of drug-likeness (QED) is 0.509. The maximum Gasteiger partial charge on any atom is 0.335 e. The van der Waals surface area contributed by atoms with E-state index in [0.29, 0.717) is 32.7 Å². The lowest BCUT2D eigenvalue weighted by Gasteiger charge is -2.35. The molecular weight excluding hydrogens is 410 g/mol. The van der Waals surface area contributed by atoms with Gasteiger partial charge in [0, 0.05) is 37.9 Å². The van der Waals surface area contributed by atoms with Crippen molar-refractivity contribution in [3.05, 3.63) is 29.8 Å². The number of hydrogen-bond donors (Lipinski definition) is 1. The summed E-state index contributed by atoms with van der Waals surface area (Å²) >= 11 is 0. The number of rotatable bonds is 7. The first-order valence-corrected chi connectivity index (χ1v) is 11.5. The molecule has 1 saturated carbocycles. The molecule has 9 heteroatoms. The van der Waals surface area contributed by atoms with Gasteiger partial charge < -0.3 is 5.32 Å². The zero-order valence-corrected chi connectivity index (χ0v) is 18.6. The highest BCUT2D eigenvalue weighted by atomic mass is 16.2. The van der Waals surface area contributed by atoms with Gasteiger partial charge in [-0.2, -0.15) is 0 Å². The molecule has 2 saturated heterocycles. The van der Waals surface area contributed by atoms with Gasteiger partial charge in [-0.1, -0.05) is 38.0 Å². The van der Waals surface area contributed by atoms with Crippen molar-refractivity contribution in [3.63, 3.8) is 0 Å². The Morgan fingerprint density at radius 2 is 1.62 bits per heavy atom. The van der Waals surface area contributed by atoms with Crippen LogP contribution in [0.2, 0.25) is 0 Å². The number of aryl methyl sites for hydroxylation is 1. The van der Waals surface area contributed by atoms with Gasteiger partial charge in [-0.05, 0) is 30.9 Å². The second kappa shape index (κ2) is 9.79. The lowest BCUT2D eigenvalue weighted by molar-refractivity contribution is -0.144. The van der Waals surface area contributed by atoms with Crippen LogP contribution < -0.4 is 5.32 Å². The Morgan fingerprint density at radius 1 is 0.969 bits per heavy atom. The van der Waals surface area contributed by atoms with E-state index in [9.17, 15) is 19.2 Å². The molecule has 32 heavy (non-hydrogen) atoms. The Bertz CT molecular complexity index is 890. The van der Waals surface area contributed by atoms with Crippen molar-refractivity contribution >= 4 is 29.4 Å². The predicted octanol–water partition coefficient (Wildman–Crippen LogP) is 1.50. The molecule has 1 aromatic carbocycles. The van der Waals surface area contributed by atoms with Crippen molar-refractivity contribution in [1.29, 1.82) is 0 Å². The van der Waals surface area contributed by atoms with Crippen LogP contribution in [0.15, 0.2) is 24.3 Å². The van der Waals surface area contributed by atoms with Crippen molar-refractivity contribution in [2.24, 2.45) is 0 Å². The number of benzene rings is 1. The number of carbonyl (C=O) groups excluding carboxylic acids is 4. The van der Waals surface area contributed by atoms with Crippen molar-refractivity contribution in [2.45, 2.75) is 45.1 Å². The molecule has 2 aliphatic heterocycles. The fraction of sp³-hybridized carbons (Fsp3) is 0.565. The molecule has 5 amide bonds. The number of nitrogens with zero attached hydrogens (tertiary/aromatic N) is 4. The van der Waals surface area contributed by atoms with Gasteiger partial charge in [0.2, 0.25) is 5.91 Å². The Kier molecular flexibility index (Phi) is 6.86. The molecule has 0 unspecified atom stereocenters. The minimum Gasteiger partial charge on any atom is -0.325 e. The van der Waals surface area contributed by atoms with Crippen LogP contribution in [-0.2, 0) is 20.8 Å². The third-order valence-corrected chi connectivity index (χ3v) is 6.62. The number of amides is 5. The van der Waals surface area contributed by atoms with Gasteiger partial charge in [0.05, 0.1) is 13.2 Å². The summed E-state index contributed by atoms with van der Waals surface area (Å²) in [6.45, 7) is 5.01. The van der Waals surface area contributed by atoms with Crippen LogP contribution in [0.25, 0.3) is 0 Å². The van der Waals surface area contributed by atoms with Crippen LogP contribution in [0.3, 0.4) is 0 Å². The Labute approximate surface area is 188 Å². The summed E-state index contributed by atoms with van der Waals surface area (Å²) in [5.74, 6) is -1.47. The molecule has 3 fully saturated rings. The van der Waals surface area contributed by atoms with E-state index in [4.69, 9.17) is 0 Å². The van der Waals surface area contributed by atoms with Crippen molar-refractivity contribution in [1.82, 2.24) is 19.6 Å². The maximum atomic E-state index is 12.7. The van der Waals surface area contributed by atoms with Crippen LogP contribution in [-0.4, -0.2) is 88.8 Å². The third-order valence-electron chi connectivity index (χ3n) is 6.62. The summed E-state index contributed by atoms with van der Waals surface area (Å²) in [5, 5.41) is 2.99.